The summed E-state index contributed by atoms with van der Waals surface area (Å²) in [6.45, 7) is 33.1. The second-order valence-electron chi connectivity index (χ2n) is 17.1. The number of carbonyl (C=O) groups excluding carboxylic acids is 1. The number of ketones is 1. The summed E-state index contributed by atoms with van der Waals surface area (Å²) >= 11 is 0. The molecule has 2 atom stereocenters. The monoisotopic (exact) mass is 624 g/mol. The van der Waals surface area contributed by atoms with Gasteiger partial charge in [-0.15, -0.1) is 0 Å². The molecule has 1 saturated heterocycles. The summed E-state index contributed by atoms with van der Waals surface area (Å²) in [7, 11) is -0.733. The molecule has 1 nitrogen and oxygen atoms in total. The van der Waals surface area contributed by atoms with Gasteiger partial charge in [-0.1, -0.05) is 159 Å². The maximum Gasteiger partial charge on any atom is 0.134 e. The molecule has 1 aliphatic heterocycles. The lowest BCUT2D eigenvalue weighted by atomic mass is 9.81. The van der Waals surface area contributed by atoms with Crippen molar-refractivity contribution in [3.05, 3.63) is 76.9 Å². The predicted molar refractivity (Wildman–Crippen MR) is 201 cm³/mol. The zero-order valence-electron chi connectivity index (χ0n) is 30.9. The van der Waals surface area contributed by atoms with Crippen LogP contribution in [0.3, 0.4) is 0 Å². The molecule has 3 aromatic rings. The summed E-state index contributed by atoms with van der Waals surface area (Å²) in [6, 6.07) is 21.2. The molecule has 0 bridgehead atoms. The van der Waals surface area contributed by atoms with Gasteiger partial charge in [0, 0.05) is 12.8 Å². The van der Waals surface area contributed by atoms with E-state index in [0.717, 1.165) is 0 Å². The maximum atomic E-state index is 13.6. The molecule has 0 spiro atoms. The fourth-order valence-electron chi connectivity index (χ4n) is 7.64. The molecule has 3 aromatic carbocycles. The number of carbonyl (C=O) groups is 1. The van der Waals surface area contributed by atoms with Crippen LogP contribution < -0.4 is 5.30 Å². The van der Waals surface area contributed by atoms with Crippen molar-refractivity contribution in [3.8, 4) is 22.3 Å². The van der Waals surface area contributed by atoms with Gasteiger partial charge >= 0.3 is 0 Å². The molecular formula is C43H61OP. The topological polar surface area (TPSA) is 17.1 Å². The van der Waals surface area contributed by atoms with Crippen LogP contribution in [0.5, 0.6) is 0 Å². The number of hydrogen-bond acceptors (Lipinski definition) is 1. The molecule has 0 aliphatic carbocycles. The van der Waals surface area contributed by atoms with Crippen LogP contribution in [0.4, 0.5) is 0 Å². The summed E-state index contributed by atoms with van der Waals surface area (Å²) in [5.74, 6) is 2.07. The van der Waals surface area contributed by atoms with Gasteiger partial charge in [-0.2, -0.15) is 0 Å². The lowest BCUT2D eigenvalue weighted by Gasteiger charge is -2.50. The Bertz CT molecular complexity index is 1350. The number of rotatable bonds is 7. The number of benzene rings is 3. The molecule has 0 amide bonds. The molecule has 0 radical (unpaired) electrons. The quantitative estimate of drug-likeness (QED) is 0.239. The van der Waals surface area contributed by atoms with Crippen LogP contribution in [-0.4, -0.2) is 17.1 Å². The van der Waals surface area contributed by atoms with Crippen molar-refractivity contribution in [3.63, 3.8) is 0 Å². The van der Waals surface area contributed by atoms with Crippen molar-refractivity contribution in [2.45, 2.75) is 145 Å². The average Bonchev–Trinajstić information content (AvgIpc) is 2.94. The maximum absolute atomic E-state index is 13.6. The fraction of sp³-hybridized carbons (Fsp3) is 0.558. The van der Waals surface area contributed by atoms with Crippen molar-refractivity contribution in [2.24, 2.45) is 10.8 Å². The van der Waals surface area contributed by atoms with Gasteiger partial charge in [0.25, 0.3) is 0 Å². The zero-order valence-corrected chi connectivity index (χ0v) is 31.8. The summed E-state index contributed by atoms with van der Waals surface area (Å²) in [5.41, 5.74) is 12.1. The first-order chi connectivity index (χ1) is 20.9. The Morgan fingerprint density at radius 1 is 0.533 bits per heavy atom. The average molecular weight is 625 g/mol. The molecule has 2 heteroatoms. The third-order valence-corrected chi connectivity index (χ3v) is 14.3. The van der Waals surface area contributed by atoms with Gasteiger partial charge in [0.1, 0.15) is 5.78 Å². The van der Waals surface area contributed by atoms with E-state index in [2.05, 4.69) is 152 Å². The van der Waals surface area contributed by atoms with Gasteiger partial charge in [-0.3, -0.25) is 4.79 Å². The van der Waals surface area contributed by atoms with Crippen LogP contribution in [0.2, 0.25) is 0 Å². The molecule has 4 rings (SSSR count). The second-order valence-corrected chi connectivity index (χ2v) is 19.6. The first-order valence-electron chi connectivity index (χ1n) is 17.6. The molecule has 1 fully saturated rings. The van der Waals surface area contributed by atoms with E-state index in [9.17, 15) is 4.79 Å². The minimum absolute atomic E-state index is 0.00650. The third kappa shape index (κ3) is 7.20. The van der Waals surface area contributed by atoms with Crippen molar-refractivity contribution in [2.75, 3.05) is 0 Å². The fourth-order valence-corrected chi connectivity index (χ4v) is 12.1. The molecule has 244 valence electrons. The minimum atomic E-state index is -0.733. The highest BCUT2D eigenvalue weighted by molar-refractivity contribution is 7.68. The van der Waals surface area contributed by atoms with E-state index in [1.54, 1.807) is 5.30 Å². The van der Waals surface area contributed by atoms with E-state index in [-0.39, 0.29) is 10.8 Å². The summed E-state index contributed by atoms with van der Waals surface area (Å²) in [5, 5.41) is 1.55. The van der Waals surface area contributed by atoms with E-state index in [1.807, 2.05) is 0 Å². The highest BCUT2D eigenvalue weighted by Gasteiger charge is 2.48. The van der Waals surface area contributed by atoms with Gasteiger partial charge in [0.2, 0.25) is 0 Å². The van der Waals surface area contributed by atoms with E-state index < -0.39 is 7.92 Å². The molecule has 0 saturated carbocycles. The first-order valence-corrected chi connectivity index (χ1v) is 19.0. The highest BCUT2D eigenvalue weighted by Crippen LogP contribution is 2.64. The Morgan fingerprint density at radius 3 is 1.09 bits per heavy atom. The Balaban J connectivity index is 2.31. The van der Waals surface area contributed by atoms with E-state index in [4.69, 9.17) is 0 Å². The van der Waals surface area contributed by atoms with Crippen molar-refractivity contribution >= 4 is 19.0 Å². The Morgan fingerprint density at radius 2 is 0.822 bits per heavy atom. The first kappa shape index (κ1) is 35.6. The Labute approximate surface area is 277 Å². The van der Waals surface area contributed by atoms with Gasteiger partial charge in [-0.05, 0) is 95.6 Å². The molecular weight excluding hydrogens is 563 g/mol. The third-order valence-electron chi connectivity index (χ3n) is 10.1. The molecule has 45 heavy (non-hydrogen) atoms. The zero-order chi connectivity index (χ0) is 33.6. The summed E-state index contributed by atoms with van der Waals surface area (Å²) in [6.07, 6.45) is 1.36. The Hall–Kier alpha value is -2.24. The molecule has 1 heterocycles. The Kier molecular flexibility index (Phi) is 10.7. The van der Waals surface area contributed by atoms with Crippen molar-refractivity contribution in [1.82, 2.24) is 0 Å². The molecule has 0 N–H and O–H groups in total. The summed E-state index contributed by atoms with van der Waals surface area (Å²) in [4.78, 5) is 13.6. The van der Waals surface area contributed by atoms with Gasteiger partial charge < -0.3 is 0 Å². The minimum Gasteiger partial charge on any atom is -0.300 e. The largest absolute Gasteiger partial charge is 0.300 e. The molecule has 0 aromatic heterocycles. The van der Waals surface area contributed by atoms with E-state index in [0.29, 0.717) is 53.6 Å². The number of Topliss-reactive ketones (excluding diaryl/α,β-unsaturated/α-hetero) is 1. The van der Waals surface area contributed by atoms with Gasteiger partial charge in [0.15, 0.2) is 0 Å². The number of hydrogen-bond donors (Lipinski definition) is 0. The standard InChI is InChI=1S/C43H61OP/c1-26(2)31-18-15-19-32(27(3)4)39(31)35-22-17-23-36(40-33(28(5)6)20-16-21-34(40)29(7)8)41(35)45-37(42(9,10)11)24-30(44)25-38(45)43(12,13)14/h15-23,26-29,37-38H,24-25H2,1-14H3. The van der Waals surface area contributed by atoms with Crippen LogP contribution in [0, 0.1) is 10.8 Å². The van der Waals surface area contributed by atoms with Crippen LogP contribution in [0.25, 0.3) is 22.3 Å². The van der Waals surface area contributed by atoms with E-state index in [1.165, 1.54) is 44.5 Å². The normalized spacial score (nSPS) is 19.8. The van der Waals surface area contributed by atoms with Gasteiger partial charge in [-0.25, -0.2) is 0 Å². The van der Waals surface area contributed by atoms with E-state index >= 15 is 0 Å². The van der Waals surface area contributed by atoms with Crippen molar-refractivity contribution < 1.29 is 4.79 Å². The van der Waals surface area contributed by atoms with Crippen LogP contribution in [-0.2, 0) is 4.79 Å². The summed E-state index contributed by atoms with van der Waals surface area (Å²) < 4.78 is 0. The van der Waals surface area contributed by atoms with Crippen LogP contribution >= 0.6 is 7.92 Å². The van der Waals surface area contributed by atoms with Gasteiger partial charge in [0.05, 0.1) is 0 Å². The van der Waals surface area contributed by atoms with Crippen LogP contribution in [0.1, 0.15) is 156 Å². The van der Waals surface area contributed by atoms with Crippen molar-refractivity contribution in [1.29, 1.82) is 0 Å². The predicted octanol–water partition coefficient (Wildman–Crippen LogP) is 12.8. The molecule has 2 unspecified atom stereocenters. The lowest BCUT2D eigenvalue weighted by Crippen LogP contribution is -2.44. The SMILES string of the molecule is CC(C)c1cccc(C(C)C)c1-c1cccc(-c2c(C(C)C)cccc2C(C)C)c1P1C(C(C)(C)C)CC(=O)CC1C(C)(C)C. The molecule has 1 aliphatic rings. The smallest absolute Gasteiger partial charge is 0.134 e. The van der Waals surface area contributed by atoms with Crippen LogP contribution in [0.15, 0.2) is 54.6 Å². The second kappa shape index (κ2) is 13.5. The highest BCUT2D eigenvalue weighted by atomic mass is 31.1. The lowest BCUT2D eigenvalue weighted by molar-refractivity contribution is -0.120.